The maximum atomic E-state index is 12.8. The van der Waals surface area contributed by atoms with E-state index in [-0.39, 0.29) is 18.5 Å². The summed E-state index contributed by atoms with van der Waals surface area (Å²) in [7, 11) is 0. The van der Waals surface area contributed by atoms with Crippen LogP contribution in [-0.2, 0) is 23.8 Å². The Morgan fingerprint density at radius 1 is 0.344 bits per heavy atom. The molecule has 0 N–H and O–H groups in total. The predicted molar refractivity (Wildman–Crippen MR) is 279 cm³/mol. The predicted octanol–water partition coefficient (Wildman–Crippen LogP) is 19.6. The van der Waals surface area contributed by atoms with Gasteiger partial charge in [-0.05, 0) is 51.4 Å². The number of carbonyl (C=O) groups excluding carboxylic acids is 2. The molecule has 0 fully saturated rings. The van der Waals surface area contributed by atoms with Gasteiger partial charge in [-0.15, -0.1) is 0 Å². The van der Waals surface area contributed by atoms with Gasteiger partial charge in [-0.2, -0.15) is 0 Å². The summed E-state index contributed by atoms with van der Waals surface area (Å²) in [6, 6.07) is 0. The van der Waals surface area contributed by atoms with Crippen LogP contribution in [-0.4, -0.2) is 37.9 Å². The maximum absolute atomic E-state index is 12.8. The number of hydrogen-bond acceptors (Lipinski definition) is 5. The average Bonchev–Trinajstić information content (AvgIpc) is 3.30. The van der Waals surface area contributed by atoms with Crippen molar-refractivity contribution in [2.45, 2.75) is 322 Å². The molecule has 0 rings (SSSR count). The fourth-order valence-corrected chi connectivity index (χ4v) is 8.66. The second-order valence-corrected chi connectivity index (χ2v) is 19.6. The Kier molecular flexibility index (Phi) is 54.3. The van der Waals surface area contributed by atoms with Crippen molar-refractivity contribution in [2.75, 3.05) is 19.8 Å². The van der Waals surface area contributed by atoms with Gasteiger partial charge in [-0.25, -0.2) is 0 Å². The molecule has 64 heavy (non-hydrogen) atoms. The van der Waals surface area contributed by atoms with E-state index in [1.807, 2.05) is 0 Å². The minimum absolute atomic E-state index is 0.0879. The lowest BCUT2D eigenvalue weighted by atomic mass is 10.0. The summed E-state index contributed by atoms with van der Waals surface area (Å²) < 4.78 is 17.5. The van der Waals surface area contributed by atoms with E-state index < -0.39 is 6.10 Å². The van der Waals surface area contributed by atoms with Crippen molar-refractivity contribution in [1.82, 2.24) is 0 Å². The number of unbranched alkanes of at least 4 members (excludes halogenated alkanes) is 39. The van der Waals surface area contributed by atoms with Gasteiger partial charge in [0, 0.05) is 19.4 Å². The van der Waals surface area contributed by atoms with Crippen LogP contribution < -0.4 is 0 Å². The molecule has 378 valence electrons. The molecule has 0 aliphatic rings. The summed E-state index contributed by atoms with van der Waals surface area (Å²) in [5.74, 6) is -0.389. The third-order valence-electron chi connectivity index (χ3n) is 13.0. The molecule has 0 aromatic heterocycles. The number of ether oxygens (including phenoxy) is 3. The molecule has 5 nitrogen and oxygen atoms in total. The van der Waals surface area contributed by atoms with Gasteiger partial charge < -0.3 is 14.2 Å². The smallest absolute Gasteiger partial charge is 0.306 e. The van der Waals surface area contributed by atoms with Gasteiger partial charge in [0.15, 0.2) is 6.10 Å². The van der Waals surface area contributed by atoms with Crippen LogP contribution in [0, 0.1) is 0 Å². The third kappa shape index (κ3) is 53.0. The van der Waals surface area contributed by atoms with E-state index in [0.717, 1.165) is 51.4 Å². The van der Waals surface area contributed by atoms with Crippen LogP contribution in [0.5, 0.6) is 0 Å². The Morgan fingerprint density at radius 2 is 0.656 bits per heavy atom. The van der Waals surface area contributed by atoms with Crippen LogP contribution >= 0.6 is 0 Å². The van der Waals surface area contributed by atoms with Crippen molar-refractivity contribution in [1.29, 1.82) is 0 Å². The van der Waals surface area contributed by atoms with E-state index in [2.05, 4.69) is 45.1 Å². The van der Waals surface area contributed by atoms with Gasteiger partial charge in [-0.3, -0.25) is 9.59 Å². The minimum Gasteiger partial charge on any atom is -0.462 e. The van der Waals surface area contributed by atoms with Crippen LogP contribution in [0.3, 0.4) is 0 Å². The molecule has 0 aromatic carbocycles. The van der Waals surface area contributed by atoms with Crippen molar-refractivity contribution in [2.24, 2.45) is 0 Å². The first kappa shape index (κ1) is 62.4. The summed E-state index contributed by atoms with van der Waals surface area (Å²) in [5.41, 5.74) is 0. The third-order valence-corrected chi connectivity index (χ3v) is 13.0. The Balaban J connectivity index is 4.20. The second-order valence-electron chi connectivity index (χ2n) is 19.6. The van der Waals surface area contributed by atoms with Crippen LogP contribution in [0.4, 0.5) is 0 Å². The Morgan fingerprint density at radius 3 is 1.06 bits per heavy atom. The SMILES string of the molecule is CCCCC/C=C\C/C=C\CCCCCCCC(=O)OC(COCCCCCCCCCCCCCCCC)COC(=O)CCCCCCCCCCCCCCCCCCCCC. The van der Waals surface area contributed by atoms with E-state index in [9.17, 15) is 9.59 Å². The molecule has 0 bridgehead atoms. The second kappa shape index (κ2) is 55.7. The molecule has 0 aliphatic heterocycles. The zero-order valence-corrected chi connectivity index (χ0v) is 43.6. The highest BCUT2D eigenvalue weighted by Gasteiger charge is 2.17. The van der Waals surface area contributed by atoms with Gasteiger partial charge in [0.2, 0.25) is 0 Å². The van der Waals surface area contributed by atoms with Crippen LogP contribution in [0.1, 0.15) is 316 Å². The fraction of sp³-hybridized carbons (Fsp3) is 0.898. The van der Waals surface area contributed by atoms with Crippen molar-refractivity contribution >= 4 is 11.9 Å². The van der Waals surface area contributed by atoms with Crippen molar-refractivity contribution in [3.8, 4) is 0 Å². The first-order valence-electron chi connectivity index (χ1n) is 28.9. The van der Waals surface area contributed by atoms with Crippen molar-refractivity contribution in [3.63, 3.8) is 0 Å². The molecule has 0 amide bonds. The molecule has 5 heteroatoms. The molecule has 0 aromatic rings. The zero-order valence-electron chi connectivity index (χ0n) is 43.6. The molecule has 0 aliphatic carbocycles. The topological polar surface area (TPSA) is 61.8 Å². The van der Waals surface area contributed by atoms with Gasteiger partial charge >= 0.3 is 11.9 Å². The largest absolute Gasteiger partial charge is 0.462 e. The Bertz CT molecular complexity index is 974. The lowest BCUT2D eigenvalue weighted by Gasteiger charge is -2.18. The number of carbonyl (C=O) groups is 2. The summed E-state index contributed by atoms with van der Waals surface area (Å²) in [6.07, 6.45) is 66.2. The van der Waals surface area contributed by atoms with Gasteiger partial charge in [-0.1, -0.05) is 276 Å². The number of rotatable bonds is 54. The van der Waals surface area contributed by atoms with E-state index in [0.29, 0.717) is 26.1 Å². The highest BCUT2D eigenvalue weighted by Crippen LogP contribution is 2.17. The average molecular weight is 902 g/mol. The molecule has 0 saturated carbocycles. The standard InChI is InChI=1S/C59H112O5/c1-4-7-10-13-16-19-22-25-28-29-30-31-33-34-37-40-43-46-49-52-58(60)63-56-57(55-62-54-51-48-45-42-39-36-27-24-21-18-15-12-9-6-3)64-59(61)53-50-47-44-41-38-35-32-26-23-20-17-14-11-8-5-2/h17,20,26,32,57H,4-16,18-19,21-25,27-31,33-56H2,1-3H3/b20-17-,32-26-. The molecule has 1 unspecified atom stereocenters. The number of hydrogen-bond donors (Lipinski definition) is 0. The van der Waals surface area contributed by atoms with E-state index >= 15 is 0 Å². The fourth-order valence-electron chi connectivity index (χ4n) is 8.66. The van der Waals surface area contributed by atoms with Crippen LogP contribution in [0.15, 0.2) is 24.3 Å². The van der Waals surface area contributed by atoms with E-state index in [1.54, 1.807) is 0 Å². The molecule has 0 radical (unpaired) electrons. The first-order chi connectivity index (χ1) is 31.6. The summed E-state index contributed by atoms with van der Waals surface area (Å²) in [5, 5.41) is 0. The molecule has 1 atom stereocenters. The van der Waals surface area contributed by atoms with Crippen molar-refractivity contribution in [3.05, 3.63) is 24.3 Å². The quantitative estimate of drug-likeness (QED) is 0.0346. The Labute approximate surface area is 400 Å². The first-order valence-corrected chi connectivity index (χ1v) is 28.9. The molecule has 0 heterocycles. The minimum atomic E-state index is -0.536. The maximum Gasteiger partial charge on any atom is 0.306 e. The number of allylic oxidation sites excluding steroid dienone is 4. The summed E-state index contributed by atoms with van der Waals surface area (Å²) in [6.45, 7) is 7.86. The lowest BCUT2D eigenvalue weighted by molar-refractivity contribution is -0.163. The number of esters is 2. The van der Waals surface area contributed by atoms with Crippen LogP contribution in [0.2, 0.25) is 0 Å². The normalized spacial score (nSPS) is 12.2. The van der Waals surface area contributed by atoms with Crippen molar-refractivity contribution < 1.29 is 23.8 Å². The summed E-state index contributed by atoms with van der Waals surface area (Å²) >= 11 is 0. The lowest BCUT2D eigenvalue weighted by Crippen LogP contribution is -2.30. The van der Waals surface area contributed by atoms with Gasteiger partial charge in [0.25, 0.3) is 0 Å². The van der Waals surface area contributed by atoms with Crippen LogP contribution in [0.25, 0.3) is 0 Å². The van der Waals surface area contributed by atoms with E-state index in [1.165, 1.54) is 231 Å². The zero-order chi connectivity index (χ0) is 46.3. The molecule has 0 saturated heterocycles. The Hall–Kier alpha value is -1.62. The van der Waals surface area contributed by atoms with E-state index in [4.69, 9.17) is 14.2 Å². The van der Waals surface area contributed by atoms with Gasteiger partial charge in [0.05, 0.1) is 6.61 Å². The van der Waals surface area contributed by atoms with Gasteiger partial charge in [0.1, 0.15) is 6.61 Å². The molecular formula is C59H112O5. The highest BCUT2D eigenvalue weighted by atomic mass is 16.6. The summed E-state index contributed by atoms with van der Waals surface area (Å²) in [4.78, 5) is 25.5. The molecule has 0 spiro atoms. The monoisotopic (exact) mass is 901 g/mol. The molecular weight excluding hydrogens is 789 g/mol. The highest BCUT2D eigenvalue weighted by molar-refractivity contribution is 5.70.